The van der Waals surface area contributed by atoms with E-state index in [0.717, 1.165) is 0 Å². The molecule has 0 saturated heterocycles. The summed E-state index contributed by atoms with van der Waals surface area (Å²) in [6, 6.07) is -0.0285. The zero-order valence-corrected chi connectivity index (χ0v) is 11.8. The second kappa shape index (κ2) is 6.83. The van der Waals surface area contributed by atoms with Gasteiger partial charge in [0, 0.05) is 11.9 Å². The van der Waals surface area contributed by atoms with E-state index in [9.17, 15) is 18.0 Å². The Bertz CT molecular complexity index is 509. The van der Waals surface area contributed by atoms with E-state index in [-0.39, 0.29) is 11.8 Å². The number of halogens is 4. The predicted octanol–water partition coefficient (Wildman–Crippen LogP) is 3.19. The number of phenolic OH excluding ortho intramolecular Hbond substituents is 1. The molecule has 20 heavy (non-hydrogen) atoms. The molecule has 1 amide bonds. The van der Waals surface area contributed by atoms with Gasteiger partial charge in [0.05, 0.1) is 5.56 Å². The number of amides is 1. The Morgan fingerprint density at radius 3 is 2.45 bits per heavy atom. The van der Waals surface area contributed by atoms with Gasteiger partial charge < -0.3 is 10.4 Å². The maximum atomic E-state index is 13.6. The molecular weight excluding hydrogens is 295 g/mol. The number of aromatic hydroxyl groups is 1. The van der Waals surface area contributed by atoms with Crippen LogP contribution < -0.4 is 5.32 Å². The average Bonchev–Trinajstić information content (AvgIpc) is 2.38. The van der Waals surface area contributed by atoms with Crippen LogP contribution in [0.5, 0.6) is 5.75 Å². The standard InChI is InChI=1S/C13H15ClF3NO2/c1-6(2)3-7(5-14)18-13(20)8-4-9(15)11(17)12(19)10(8)16/h4,6-7,19H,3,5H2,1-2H3,(H,18,20). The highest BCUT2D eigenvalue weighted by molar-refractivity contribution is 6.18. The second-order valence-corrected chi connectivity index (χ2v) is 5.15. The number of nitrogens with one attached hydrogen (secondary N) is 1. The first-order valence-electron chi connectivity index (χ1n) is 6.01. The summed E-state index contributed by atoms with van der Waals surface area (Å²) in [5.41, 5.74) is -0.764. The molecule has 2 N–H and O–H groups in total. The third-order valence-corrected chi connectivity index (χ3v) is 3.03. The van der Waals surface area contributed by atoms with Crippen molar-refractivity contribution >= 4 is 17.5 Å². The van der Waals surface area contributed by atoms with Crippen molar-refractivity contribution in [2.45, 2.75) is 26.3 Å². The molecule has 0 fully saturated rings. The van der Waals surface area contributed by atoms with E-state index >= 15 is 0 Å². The summed E-state index contributed by atoms with van der Waals surface area (Å²) in [5.74, 6) is -6.86. The third-order valence-electron chi connectivity index (χ3n) is 2.66. The lowest BCUT2D eigenvalue weighted by Gasteiger charge is -2.18. The lowest BCUT2D eigenvalue weighted by Crippen LogP contribution is -2.37. The Balaban J connectivity index is 2.98. The zero-order chi connectivity index (χ0) is 15.4. The SMILES string of the molecule is CC(C)CC(CCl)NC(=O)c1cc(F)c(F)c(O)c1F. The second-order valence-electron chi connectivity index (χ2n) is 4.84. The van der Waals surface area contributed by atoms with E-state index in [2.05, 4.69) is 5.32 Å². The van der Waals surface area contributed by atoms with E-state index in [4.69, 9.17) is 16.7 Å². The van der Waals surface area contributed by atoms with E-state index < -0.39 is 40.7 Å². The molecule has 0 aliphatic carbocycles. The third kappa shape index (κ3) is 3.79. The van der Waals surface area contributed by atoms with Gasteiger partial charge in [-0.1, -0.05) is 13.8 Å². The molecule has 1 atom stereocenters. The fourth-order valence-corrected chi connectivity index (χ4v) is 1.95. The molecule has 0 radical (unpaired) electrons. The molecule has 1 aromatic rings. The number of phenols is 1. The van der Waals surface area contributed by atoms with Crippen LogP contribution in [0.15, 0.2) is 6.07 Å². The maximum Gasteiger partial charge on any atom is 0.254 e. The van der Waals surface area contributed by atoms with Crippen LogP contribution in [-0.2, 0) is 0 Å². The van der Waals surface area contributed by atoms with Crippen molar-refractivity contribution in [1.82, 2.24) is 5.32 Å². The first kappa shape index (κ1) is 16.6. The molecule has 3 nitrogen and oxygen atoms in total. The minimum Gasteiger partial charge on any atom is -0.503 e. The van der Waals surface area contributed by atoms with E-state index in [1.165, 1.54) is 0 Å². The van der Waals surface area contributed by atoms with Gasteiger partial charge in [0.15, 0.2) is 17.4 Å². The molecule has 0 saturated carbocycles. The average molecular weight is 310 g/mol. The molecule has 0 aliphatic heterocycles. The summed E-state index contributed by atoms with van der Waals surface area (Å²) >= 11 is 5.68. The van der Waals surface area contributed by atoms with Gasteiger partial charge in [0.2, 0.25) is 5.82 Å². The van der Waals surface area contributed by atoms with Crippen LogP contribution in [-0.4, -0.2) is 22.9 Å². The molecule has 1 rings (SSSR count). The molecule has 112 valence electrons. The normalized spacial score (nSPS) is 12.6. The highest BCUT2D eigenvalue weighted by Gasteiger charge is 2.24. The van der Waals surface area contributed by atoms with Crippen molar-refractivity contribution in [3.05, 3.63) is 29.1 Å². The minimum atomic E-state index is -1.73. The van der Waals surface area contributed by atoms with Gasteiger partial charge in [-0.05, 0) is 18.4 Å². The number of benzene rings is 1. The van der Waals surface area contributed by atoms with Crippen LogP contribution in [0, 0.1) is 23.4 Å². The van der Waals surface area contributed by atoms with E-state index in [0.29, 0.717) is 12.5 Å². The van der Waals surface area contributed by atoms with E-state index in [1.54, 1.807) is 0 Å². The van der Waals surface area contributed by atoms with Crippen molar-refractivity contribution in [2.75, 3.05) is 5.88 Å². The van der Waals surface area contributed by atoms with Crippen LogP contribution in [0.2, 0.25) is 0 Å². The molecule has 0 spiro atoms. The minimum absolute atomic E-state index is 0.0984. The van der Waals surface area contributed by atoms with Gasteiger partial charge in [-0.25, -0.2) is 8.78 Å². The van der Waals surface area contributed by atoms with Crippen LogP contribution in [0.1, 0.15) is 30.6 Å². The topological polar surface area (TPSA) is 49.3 Å². The summed E-state index contributed by atoms with van der Waals surface area (Å²) in [4.78, 5) is 11.8. The number of hydrogen-bond donors (Lipinski definition) is 2. The van der Waals surface area contributed by atoms with Crippen LogP contribution >= 0.6 is 11.6 Å². The summed E-state index contributed by atoms with van der Waals surface area (Å²) in [6.45, 7) is 3.82. The number of hydrogen-bond acceptors (Lipinski definition) is 2. The first-order chi connectivity index (χ1) is 9.27. The molecule has 1 aromatic carbocycles. The monoisotopic (exact) mass is 309 g/mol. The fourth-order valence-electron chi connectivity index (χ4n) is 1.75. The first-order valence-corrected chi connectivity index (χ1v) is 6.54. The van der Waals surface area contributed by atoms with Crippen molar-refractivity contribution in [3.8, 4) is 5.75 Å². The Labute approximate surface area is 119 Å². The summed E-state index contributed by atoms with van der Waals surface area (Å²) in [5, 5.41) is 11.5. The Hall–Kier alpha value is -1.43. The number of alkyl halides is 1. The Morgan fingerprint density at radius 2 is 1.95 bits per heavy atom. The summed E-state index contributed by atoms with van der Waals surface area (Å²) < 4.78 is 39.6. The predicted molar refractivity (Wildman–Crippen MR) is 69.4 cm³/mol. The molecule has 0 aliphatic rings. The van der Waals surface area contributed by atoms with Crippen molar-refractivity contribution in [2.24, 2.45) is 5.92 Å². The van der Waals surface area contributed by atoms with E-state index in [1.807, 2.05) is 13.8 Å². The summed E-state index contributed by atoms with van der Waals surface area (Å²) in [7, 11) is 0. The smallest absolute Gasteiger partial charge is 0.254 e. The van der Waals surface area contributed by atoms with Gasteiger partial charge in [0.1, 0.15) is 0 Å². The maximum absolute atomic E-state index is 13.6. The van der Waals surface area contributed by atoms with Gasteiger partial charge in [0.25, 0.3) is 5.91 Å². The van der Waals surface area contributed by atoms with Crippen molar-refractivity contribution in [3.63, 3.8) is 0 Å². The number of carbonyl (C=O) groups is 1. The Morgan fingerprint density at radius 1 is 1.35 bits per heavy atom. The molecule has 0 heterocycles. The van der Waals surface area contributed by atoms with Gasteiger partial charge in [-0.15, -0.1) is 11.6 Å². The largest absolute Gasteiger partial charge is 0.503 e. The van der Waals surface area contributed by atoms with Gasteiger partial charge in [-0.2, -0.15) is 4.39 Å². The van der Waals surface area contributed by atoms with Crippen molar-refractivity contribution in [1.29, 1.82) is 0 Å². The van der Waals surface area contributed by atoms with Crippen molar-refractivity contribution < 1.29 is 23.1 Å². The van der Waals surface area contributed by atoms with Gasteiger partial charge >= 0.3 is 0 Å². The van der Waals surface area contributed by atoms with Crippen LogP contribution in [0.4, 0.5) is 13.2 Å². The summed E-state index contributed by atoms with van der Waals surface area (Å²) in [6.07, 6.45) is 0.548. The van der Waals surface area contributed by atoms with Crippen LogP contribution in [0.3, 0.4) is 0 Å². The molecule has 1 unspecified atom stereocenters. The fraction of sp³-hybridized carbons (Fsp3) is 0.462. The highest BCUT2D eigenvalue weighted by Crippen LogP contribution is 2.25. The molecular formula is C13H15ClF3NO2. The lowest BCUT2D eigenvalue weighted by atomic mass is 10.0. The van der Waals surface area contributed by atoms with Gasteiger partial charge in [-0.3, -0.25) is 4.79 Å². The molecule has 0 aromatic heterocycles. The highest BCUT2D eigenvalue weighted by atomic mass is 35.5. The number of carbonyl (C=O) groups excluding carboxylic acids is 1. The zero-order valence-electron chi connectivity index (χ0n) is 11.0. The van der Waals surface area contributed by atoms with Crippen LogP contribution in [0.25, 0.3) is 0 Å². The quantitative estimate of drug-likeness (QED) is 0.648. The lowest BCUT2D eigenvalue weighted by molar-refractivity contribution is 0.0930. The molecule has 0 bridgehead atoms. The Kier molecular flexibility index (Phi) is 5.68. The number of rotatable bonds is 5. The molecule has 7 heteroatoms.